The molecule has 0 aliphatic rings. The van der Waals surface area contributed by atoms with Crippen molar-refractivity contribution in [2.24, 2.45) is 0 Å². The van der Waals surface area contributed by atoms with E-state index in [2.05, 4.69) is 5.32 Å². The van der Waals surface area contributed by atoms with Crippen molar-refractivity contribution in [1.82, 2.24) is 5.32 Å². The molecule has 0 aliphatic carbocycles. The second-order valence-corrected chi connectivity index (χ2v) is 3.60. The molecule has 0 aliphatic heterocycles. The maximum Gasteiger partial charge on any atom is 0.334 e. The van der Waals surface area contributed by atoms with Crippen LogP contribution in [0.4, 0.5) is 4.39 Å². The molecular formula is C10H9ClFNO4. The van der Waals surface area contributed by atoms with Gasteiger partial charge in [-0.2, -0.15) is 0 Å². The summed E-state index contributed by atoms with van der Waals surface area (Å²) < 4.78 is 12.7. The third-order valence-electron chi connectivity index (χ3n) is 1.92. The van der Waals surface area contributed by atoms with Crippen molar-refractivity contribution in [2.45, 2.75) is 6.10 Å². The van der Waals surface area contributed by atoms with Crippen LogP contribution in [-0.4, -0.2) is 34.7 Å². The number of carbonyl (C=O) groups is 2. The van der Waals surface area contributed by atoms with Gasteiger partial charge >= 0.3 is 5.97 Å². The maximum atomic E-state index is 12.7. The zero-order valence-corrected chi connectivity index (χ0v) is 9.24. The minimum Gasteiger partial charge on any atom is -0.479 e. The number of carboxylic acids is 1. The number of benzene rings is 1. The summed E-state index contributed by atoms with van der Waals surface area (Å²) in [6.07, 6.45) is -1.70. The first-order valence-electron chi connectivity index (χ1n) is 4.56. The van der Waals surface area contributed by atoms with Crippen molar-refractivity contribution in [3.63, 3.8) is 0 Å². The molecule has 0 aromatic heterocycles. The zero-order chi connectivity index (χ0) is 13.0. The van der Waals surface area contributed by atoms with Crippen molar-refractivity contribution < 1.29 is 24.2 Å². The third kappa shape index (κ3) is 3.69. The maximum absolute atomic E-state index is 12.7. The highest BCUT2D eigenvalue weighted by Crippen LogP contribution is 2.16. The SMILES string of the molecule is O=C(NC[C@H](O)C(=O)O)c1ccc(F)cc1Cl. The quantitative estimate of drug-likeness (QED) is 0.743. The molecule has 0 radical (unpaired) electrons. The Labute approximate surface area is 101 Å². The first-order valence-corrected chi connectivity index (χ1v) is 4.93. The van der Waals surface area contributed by atoms with Gasteiger partial charge in [0, 0.05) is 0 Å². The highest BCUT2D eigenvalue weighted by Gasteiger charge is 2.16. The molecule has 92 valence electrons. The molecule has 1 amide bonds. The monoisotopic (exact) mass is 261 g/mol. The fourth-order valence-electron chi connectivity index (χ4n) is 1.05. The van der Waals surface area contributed by atoms with E-state index in [1.54, 1.807) is 0 Å². The number of hydrogen-bond acceptors (Lipinski definition) is 3. The molecule has 3 N–H and O–H groups in total. The smallest absolute Gasteiger partial charge is 0.334 e. The van der Waals surface area contributed by atoms with Crippen molar-refractivity contribution in [3.05, 3.63) is 34.6 Å². The van der Waals surface area contributed by atoms with E-state index in [0.717, 1.165) is 12.1 Å². The number of hydrogen-bond donors (Lipinski definition) is 3. The van der Waals surface area contributed by atoms with Crippen LogP contribution in [0.15, 0.2) is 18.2 Å². The lowest BCUT2D eigenvalue weighted by Gasteiger charge is -2.08. The number of rotatable bonds is 4. The summed E-state index contributed by atoms with van der Waals surface area (Å²) in [5.41, 5.74) is 0.00524. The predicted molar refractivity (Wildman–Crippen MR) is 57.4 cm³/mol. The molecule has 0 saturated heterocycles. The number of aliphatic hydroxyl groups excluding tert-OH is 1. The van der Waals surface area contributed by atoms with Crippen LogP contribution in [0.2, 0.25) is 5.02 Å². The number of halogens is 2. The van der Waals surface area contributed by atoms with Gasteiger partial charge in [0.25, 0.3) is 5.91 Å². The normalized spacial score (nSPS) is 11.9. The third-order valence-corrected chi connectivity index (χ3v) is 2.23. The van der Waals surface area contributed by atoms with E-state index >= 15 is 0 Å². The number of carbonyl (C=O) groups excluding carboxylic acids is 1. The molecule has 5 nitrogen and oxygen atoms in total. The second kappa shape index (κ2) is 5.60. The number of aliphatic hydroxyl groups is 1. The van der Waals surface area contributed by atoms with Crippen LogP contribution in [0, 0.1) is 5.82 Å². The summed E-state index contributed by atoms with van der Waals surface area (Å²) in [5, 5.41) is 19.4. The molecule has 0 fully saturated rings. The van der Waals surface area contributed by atoms with E-state index in [-0.39, 0.29) is 10.6 Å². The lowest BCUT2D eigenvalue weighted by Crippen LogP contribution is -2.36. The molecule has 0 saturated carbocycles. The Morgan fingerprint density at radius 2 is 2.12 bits per heavy atom. The number of amides is 1. The minimum atomic E-state index is -1.70. The molecule has 0 heterocycles. The van der Waals surface area contributed by atoms with Gasteiger partial charge < -0.3 is 15.5 Å². The highest BCUT2D eigenvalue weighted by atomic mass is 35.5. The number of aliphatic carboxylic acids is 1. The van der Waals surface area contributed by atoms with E-state index in [0.29, 0.717) is 0 Å². The van der Waals surface area contributed by atoms with Gasteiger partial charge in [0.2, 0.25) is 0 Å². The number of carboxylic acid groups (broad SMARTS) is 1. The topological polar surface area (TPSA) is 86.6 Å². The fraction of sp³-hybridized carbons (Fsp3) is 0.200. The Hall–Kier alpha value is -1.66. The van der Waals surface area contributed by atoms with E-state index in [4.69, 9.17) is 21.8 Å². The summed E-state index contributed by atoms with van der Waals surface area (Å²) >= 11 is 5.62. The Kier molecular flexibility index (Phi) is 4.42. The average molecular weight is 262 g/mol. The first-order chi connectivity index (χ1) is 7.91. The van der Waals surface area contributed by atoms with Gasteiger partial charge in [-0.15, -0.1) is 0 Å². The molecule has 17 heavy (non-hydrogen) atoms. The predicted octanol–water partition coefficient (Wildman–Crippen LogP) is 0.654. The summed E-state index contributed by atoms with van der Waals surface area (Å²) in [7, 11) is 0. The minimum absolute atomic E-state index is 0.00524. The van der Waals surface area contributed by atoms with Crippen molar-refractivity contribution >= 4 is 23.5 Å². The van der Waals surface area contributed by atoms with Crippen molar-refractivity contribution in [3.8, 4) is 0 Å². The van der Waals surface area contributed by atoms with E-state index in [1.165, 1.54) is 6.07 Å². The fourth-order valence-corrected chi connectivity index (χ4v) is 1.30. The molecule has 1 aromatic rings. The Balaban J connectivity index is 2.67. The van der Waals surface area contributed by atoms with Crippen molar-refractivity contribution in [2.75, 3.05) is 6.54 Å². The van der Waals surface area contributed by atoms with Gasteiger partial charge in [-0.1, -0.05) is 11.6 Å². The van der Waals surface area contributed by atoms with Crippen LogP contribution < -0.4 is 5.32 Å². The van der Waals surface area contributed by atoms with Gasteiger partial charge in [0.1, 0.15) is 5.82 Å². The Bertz CT molecular complexity index is 452. The van der Waals surface area contributed by atoms with Gasteiger partial charge in [-0.05, 0) is 18.2 Å². The van der Waals surface area contributed by atoms with E-state index < -0.39 is 30.3 Å². The molecule has 0 unspecified atom stereocenters. The molecule has 1 rings (SSSR count). The molecule has 7 heteroatoms. The van der Waals surface area contributed by atoms with E-state index in [1.807, 2.05) is 0 Å². The van der Waals surface area contributed by atoms with Gasteiger partial charge in [-0.3, -0.25) is 4.79 Å². The Morgan fingerprint density at radius 3 is 2.65 bits per heavy atom. The largest absolute Gasteiger partial charge is 0.479 e. The van der Waals surface area contributed by atoms with Crippen LogP contribution in [0.25, 0.3) is 0 Å². The number of nitrogens with one attached hydrogen (secondary N) is 1. The summed E-state index contributed by atoms with van der Waals surface area (Å²) in [4.78, 5) is 21.8. The zero-order valence-electron chi connectivity index (χ0n) is 8.48. The van der Waals surface area contributed by atoms with Gasteiger partial charge in [0.05, 0.1) is 17.1 Å². The molecule has 1 atom stereocenters. The molecular weight excluding hydrogens is 253 g/mol. The molecule has 0 bridgehead atoms. The van der Waals surface area contributed by atoms with Crippen LogP contribution in [0.5, 0.6) is 0 Å². The van der Waals surface area contributed by atoms with Crippen LogP contribution >= 0.6 is 11.6 Å². The van der Waals surface area contributed by atoms with Gasteiger partial charge in [-0.25, -0.2) is 9.18 Å². The average Bonchev–Trinajstić information content (AvgIpc) is 2.25. The van der Waals surface area contributed by atoms with Crippen molar-refractivity contribution in [1.29, 1.82) is 0 Å². The summed E-state index contributed by atoms with van der Waals surface area (Å²) in [5.74, 6) is -2.72. The van der Waals surface area contributed by atoms with Crippen LogP contribution in [0.1, 0.15) is 10.4 Å². The van der Waals surface area contributed by atoms with Crippen LogP contribution in [-0.2, 0) is 4.79 Å². The van der Waals surface area contributed by atoms with E-state index in [9.17, 15) is 14.0 Å². The standard InChI is InChI=1S/C10H9ClFNO4/c11-7-3-5(12)1-2-6(7)9(15)13-4-8(14)10(16)17/h1-3,8,14H,4H2,(H,13,15)(H,16,17)/t8-/m0/s1. The highest BCUT2D eigenvalue weighted by molar-refractivity contribution is 6.33. The molecule has 0 spiro atoms. The second-order valence-electron chi connectivity index (χ2n) is 3.19. The summed E-state index contributed by atoms with van der Waals surface area (Å²) in [6, 6.07) is 3.18. The lowest BCUT2D eigenvalue weighted by atomic mass is 10.2. The lowest BCUT2D eigenvalue weighted by molar-refractivity contribution is -0.146. The summed E-state index contributed by atoms with van der Waals surface area (Å²) in [6.45, 7) is -0.456. The molecule has 1 aromatic carbocycles. The first kappa shape index (κ1) is 13.4. The van der Waals surface area contributed by atoms with Gasteiger partial charge in [0.15, 0.2) is 6.10 Å². The van der Waals surface area contributed by atoms with Crippen LogP contribution in [0.3, 0.4) is 0 Å². The Morgan fingerprint density at radius 1 is 1.47 bits per heavy atom.